The maximum absolute atomic E-state index is 6.38. The van der Waals surface area contributed by atoms with Crippen molar-refractivity contribution in [3.8, 4) is 28.1 Å². The Balaban J connectivity index is 1.37. The number of aromatic amines is 2. The molecule has 37 heavy (non-hydrogen) atoms. The molecule has 0 unspecified atom stereocenters. The molecule has 0 fully saturated rings. The van der Waals surface area contributed by atoms with Gasteiger partial charge in [-0.3, -0.25) is 15.2 Å². The molecular weight excluding hydrogens is 460 g/mol. The number of hydrogen-bond donors (Lipinski definition) is 3. The molecule has 0 amide bonds. The molecular formula is C30H28N6O. The number of nitrogens with two attached hydrogens (primary N) is 1. The van der Waals surface area contributed by atoms with E-state index in [4.69, 9.17) is 15.5 Å². The van der Waals surface area contributed by atoms with Crippen molar-refractivity contribution < 1.29 is 4.74 Å². The molecule has 6 rings (SSSR count). The lowest BCUT2D eigenvalue weighted by atomic mass is 9.97. The van der Waals surface area contributed by atoms with Crippen molar-refractivity contribution in [2.24, 2.45) is 5.73 Å². The third kappa shape index (κ3) is 4.57. The molecule has 184 valence electrons. The molecule has 7 heteroatoms. The van der Waals surface area contributed by atoms with E-state index in [1.165, 1.54) is 5.56 Å². The van der Waals surface area contributed by atoms with Crippen LogP contribution in [-0.4, -0.2) is 38.0 Å². The number of benzene rings is 3. The fourth-order valence-corrected chi connectivity index (χ4v) is 4.74. The first-order valence-corrected chi connectivity index (χ1v) is 12.4. The van der Waals surface area contributed by atoms with Crippen LogP contribution in [0.15, 0.2) is 79.0 Å². The highest BCUT2D eigenvalue weighted by molar-refractivity contribution is 5.92. The van der Waals surface area contributed by atoms with Crippen LogP contribution < -0.4 is 10.5 Å². The molecule has 0 aliphatic carbocycles. The molecule has 7 nitrogen and oxygen atoms in total. The van der Waals surface area contributed by atoms with Crippen LogP contribution in [0.25, 0.3) is 44.2 Å². The Morgan fingerprint density at radius 1 is 0.811 bits per heavy atom. The van der Waals surface area contributed by atoms with E-state index in [-0.39, 0.29) is 6.04 Å². The first kappa shape index (κ1) is 22.9. The van der Waals surface area contributed by atoms with E-state index in [1.54, 1.807) is 6.20 Å². The van der Waals surface area contributed by atoms with Gasteiger partial charge in [0.2, 0.25) is 0 Å². The van der Waals surface area contributed by atoms with Gasteiger partial charge in [0.15, 0.2) is 0 Å². The highest BCUT2D eigenvalue weighted by Crippen LogP contribution is 2.36. The number of aryl methyl sites for hydroxylation is 2. The normalized spacial score (nSPS) is 12.3. The minimum atomic E-state index is -0.123. The number of pyridine rings is 1. The van der Waals surface area contributed by atoms with Gasteiger partial charge in [-0.2, -0.15) is 10.2 Å². The minimum Gasteiger partial charge on any atom is -0.490 e. The maximum Gasteiger partial charge on any atom is 0.138 e. The number of nitrogens with one attached hydrogen (secondary N) is 2. The van der Waals surface area contributed by atoms with Crippen molar-refractivity contribution in [3.05, 3.63) is 95.9 Å². The Morgan fingerprint density at radius 3 is 2.16 bits per heavy atom. The molecule has 0 saturated heterocycles. The number of fused-ring (bicyclic) bond motifs is 2. The summed E-state index contributed by atoms with van der Waals surface area (Å²) < 4.78 is 6.15. The zero-order valence-corrected chi connectivity index (χ0v) is 20.8. The van der Waals surface area contributed by atoms with Crippen molar-refractivity contribution in [1.29, 1.82) is 0 Å². The van der Waals surface area contributed by atoms with Crippen molar-refractivity contribution >= 4 is 21.8 Å². The zero-order valence-electron chi connectivity index (χ0n) is 20.8. The summed E-state index contributed by atoms with van der Waals surface area (Å²) in [6.45, 7) is 4.45. The number of H-pyrrole nitrogens is 2. The molecule has 0 saturated carbocycles. The van der Waals surface area contributed by atoms with Crippen molar-refractivity contribution in [3.63, 3.8) is 0 Å². The Kier molecular flexibility index (Phi) is 5.90. The summed E-state index contributed by atoms with van der Waals surface area (Å²) >= 11 is 0. The summed E-state index contributed by atoms with van der Waals surface area (Å²) in [6, 6.07) is 24.7. The number of ether oxygens (including phenoxy) is 1. The number of nitrogens with zero attached hydrogens (tertiary/aromatic N) is 3. The Labute approximate surface area is 214 Å². The van der Waals surface area contributed by atoms with Crippen LogP contribution in [0.3, 0.4) is 0 Å². The standard InChI is InChI=1S/C30H28N6O/c1-18-25-13-21(8-10-28(25)35-33-18)27-15-24(37-17-23(31)12-20-6-4-3-5-7-20)16-32-30(27)22-9-11-29-26(14-22)19(2)34-36-29/h3-11,13-16,23H,12,17,31H2,1-2H3,(H,33,35)(H,34,36)/t23-/m0/s1. The molecule has 0 spiro atoms. The summed E-state index contributed by atoms with van der Waals surface area (Å²) in [5, 5.41) is 17.1. The van der Waals surface area contributed by atoms with Gasteiger partial charge >= 0.3 is 0 Å². The second-order valence-electron chi connectivity index (χ2n) is 9.49. The van der Waals surface area contributed by atoms with Gasteiger partial charge < -0.3 is 10.5 Å². The van der Waals surface area contributed by atoms with Crippen LogP contribution in [0.1, 0.15) is 17.0 Å². The topological polar surface area (TPSA) is 106 Å². The summed E-state index contributed by atoms with van der Waals surface area (Å²) in [4.78, 5) is 4.88. The van der Waals surface area contributed by atoms with Gasteiger partial charge in [-0.25, -0.2) is 0 Å². The molecule has 0 radical (unpaired) electrons. The van der Waals surface area contributed by atoms with Gasteiger partial charge in [0.25, 0.3) is 0 Å². The first-order valence-electron chi connectivity index (χ1n) is 12.4. The van der Waals surface area contributed by atoms with E-state index >= 15 is 0 Å². The summed E-state index contributed by atoms with van der Waals surface area (Å²) in [5.74, 6) is 0.687. The van der Waals surface area contributed by atoms with E-state index in [2.05, 4.69) is 62.9 Å². The van der Waals surface area contributed by atoms with Gasteiger partial charge in [0.05, 0.1) is 22.9 Å². The monoisotopic (exact) mass is 488 g/mol. The molecule has 0 bridgehead atoms. The summed E-state index contributed by atoms with van der Waals surface area (Å²) in [7, 11) is 0. The van der Waals surface area contributed by atoms with Crippen molar-refractivity contribution in [2.45, 2.75) is 26.3 Å². The SMILES string of the molecule is Cc1[nH]nc2ccc(-c3cc(OC[C@@H](N)Cc4ccccc4)cnc3-c3ccc4n[nH]c(C)c4c3)cc12. The largest absolute Gasteiger partial charge is 0.490 e. The Bertz CT molecular complexity index is 1700. The zero-order chi connectivity index (χ0) is 25.4. The van der Waals surface area contributed by atoms with Gasteiger partial charge in [0.1, 0.15) is 12.4 Å². The van der Waals surface area contributed by atoms with Crippen LogP contribution in [-0.2, 0) is 6.42 Å². The predicted molar refractivity (Wildman–Crippen MR) is 148 cm³/mol. The lowest BCUT2D eigenvalue weighted by Crippen LogP contribution is -2.30. The lowest BCUT2D eigenvalue weighted by Gasteiger charge is -2.16. The van der Waals surface area contributed by atoms with E-state index < -0.39 is 0 Å². The van der Waals surface area contributed by atoms with Crippen LogP contribution in [0.2, 0.25) is 0 Å². The van der Waals surface area contributed by atoms with Gasteiger partial charge in [-0.1, -0.05) is 42.5 Å². The smallest absolute Gasteiger partial charge is 0.138 e. The van der Waals surface area contributed by atoms with E-state index in [0.717, 1.165) is 62.0 Å². The van der Waals surface area contributed by atoms with Crippen molar-refractivity contribution in [1.82, 2.24) is 25.4 Å². The number of aromatic nitrogens is 5. The predicted octanol–water partition coefficient (Wildman–Crippen LogP) is 5.73. The average Bonchev–Trinajstić information content (AvgIpc) is 3.49. The highest BCUT2D eigenvalue weighted by atomic mass is 16.5. The third-order valence-electron chi connectivity index (χ3n) is 6.74. The maximum atomic E-state index is 6.38. The fourth-order valence-electron chi connectivity index (χ4n) is 4.74. The van der Waals surface area contributed by atoms with Crippen LogP contribution in [0, 0.1) is 13.8 Å². The molecule has 3 aromatic carbocycles. The number of hydrogen-bond acceptors (Lipinski definition) is 5. The van der Waals surface area contributed by atoms with Gasteiger partial charge in [-0.05, 0) is 61.7 Å². The van der Waals surface area contributed by atoms with Crippen LogP contribution in [0.4, 0.5) is 0 Å². The molecule has 0 aliphatic heterocycles. The van der Waals surface area contributed by atoms with E-state index in [9.17, 15) is 0 Å². The van der Waals surface area contributed by atoms with Crippen molar-refractivity contribution in [2.75, 3.05) is 6.61 Å². The summed E-state index contributed by atoms with van der Waals surface area (Å²) in [5.41, 5.74) is 15.4. The number of rotatable bonds is 7. The quantitative estimate of drug-likeness (QED) is 0.266. The van der Waals surface area contributed by atoms with E-state index in [1.807, 2.05) is 44.2 Å². The molecule has 1 atom stereocenters. The van der Waals surface area contributed by atoms with Gasteiger partial charge in [-0.15, -0.1) is 0 Å². The van der Waals surface area contributed by atoms with Crippen LogP contribution in [0.5, 0.6) is 5.75 Å². The Hall–Kier alpha value is -4.49. The fraction of sp³-hybridized carbons (Fsp3) is 0.167. The third-order valence-corrected chi connectivity index (χ3v) is 6.74. The van der Waals surface area contributed by atoms with Gasteiger partial charge in [0, 0.05) is 39.3 Å². The minimum absolute atomic E-state index is 0.123. The molecule has 4 N–H and O–H groups in total. The average molecular weight is 489 g/mol. The van der Waals surface area contributed by atoms with Crippen LogP contribution >= 0.6 is 0 Å². The highest BCUT2D eigenvalue weighted by Gasteiger charge is 2.15. The second kappa shape index (κ2) is 9.52. The summed E-state index contributed by atoms with van der Waals surface area (Å²) in [6.07, 6.45) is 2.53. The first-order chi connectivity index (χ1) is 18.0. The lowest BCUT2D eigenvalue weighted by molar-refractivity contribution is 0.287. The molecule has 6 aromatic rings. The second-order valence-corrected chi connectivity index (χ2v) is 9.49. The Morgan fingerprint density at radius 2 is 1.46 bits per heavy atom. The van der Waals surface area contributed by atoms with E-state index in [0.29, 0.717) is 12.4 Å². The molecule has 3 aromatic heterocycles. The molecule has 3 heterocycles. The molecule has 0 aliphatic rings.